The molecule has 1 aromatic rings. The minimum Gasteiger partial charge on any atom is -0.472 e. The summed E-state index contributed by atoms with van der Waals surface area (Å²) in [4.78, 5) is 11.7. The van der Waals surface area contributed by atoms with E-state index in [1.54, 1.807) is 6.07 Å². The average molecular weight is 181 g/mol. The summed E-state index contributed by atoms with van der Waals surface area (Å²) in [5.41, 5.74) is 6.12. The van der Waals surface area contributed by atoms with Crippen molar-refractivity contribution in [1.29, 1.82) is 0 Å². The summed E-state index contributed by atoms with van der Waals surface area (Å²) in [6.07, 6.45) is 2.90. The third-order valence-corrected chi connectivity index (χ3v) is 2.02. The minimum absolute atomic E-state index is 0.0683. The zero-order valence-electron chi connectivity index (χ0n) is 8.20. The van der Waals surface area contributed by atoms with Crippen molar-refractivity contribution in [3.63, 3.8) is 0 Å². The number of hydrogen-bond acceptors (Lipinski definition) is 3. The Morgan fingerprint density at radius 1 is 1.54 bits per heavy atom. The first-order valence-electron chi connectivity index (χ1n) is 4.25. The van der Waals surface area contributed by atoms with Crippen LogP contribution in [0.4, 0.5) is 0 Å². The molecule has 0 bridgehead atoms. The molecule has 0 aliphatic rings. The predicted octanol–water partition coefficient (Wildman–Crippen LogP) is 1.84. The molecule has 0 aliphatic carbocycles. The molecule has 3 nitrogen and oxygen atoms in total. The number of rotatable bonds is 2. The topological polar surface area (TPSA) is 56.2 Å². The van der Waals surface area contributed by atoms with Crippen LogP contribution in [0.2, 0.25) is 0 Å². The van der Waals surface area contributed by atoms with Crippen LogP contribution in [-0.4, -0.2) is 11.8 Å². The summed E-state index contributed by atoms with van der Waals surface area (Å²) in [5, 5.41) is 0. The lowest BCUT2D eigenvalue weighted by Gasteiger charge is -2.25. The van der Waals surface area contributed by atoms with Gasteiger partial charge in [-0.15, -0.1) is 0 Å². The van der Waals surface area contributed by atoms with Gasteiger partial charge in [-0.25, -0.2) is 0 Å². The number of Topliss-reactive ketones (excluding diaryl/α,β-unsaturated/α-hetero) is 1. The van der Waals surface area contributed by atoms with Gasteiger partial charge in [0.15, 0.2) is 5.78 Å². The number of carbonyl (C=O) groups excluding carboxylic acids is 1. The van der Waals surface area contributed by atoms with Crippen molar-refractivity contribution in [2.24, 2.45) is 11.1 Å². The smallest absolute Gasteiger partial charge is 0.183 e. The zero-order valence-corrected chi connectivity index (χ0v) is 8.20. The Hall–Kier alpha value is -1.09. The van der Waals surface area contributed by atoms with Crippen LogP contribution in [-0.2, 0) is 0 Å². The van der Waals surface area contributed by atoms with Gasteiger partial charge in [-0.3, -0.25) is 4.79 Å². The van der Waals surface area contributed by atoms with Gasteiger partial charge in [0.1, 0.15) is 6.26 Å². The molecule has 1 unspecified atom stereocenters. The SMILES string of the molecule is CC(C)(C)C(N)C(=O)c1ccoc1. The molecular formula is C10H15NO2. The Balaban J connectivity index is 2.81. The molecule has 0 radical (unpaired) electrons. The van der Waals surface area contributed by atoms with Crippen molar-refractivity contribution in [3.8, 4) is 0 Å². The highest BCUT2D eigenvalue weighted by Gasteiger charge is 2.28. The van der Waals surface area contributed by atoms with Crippen molar-refractivity contribution in [2.75, 3.05) is 0 Å². The van der Waals surface area contributed by atoms with Gasteiger partial charge in [-0.1, -0.05) is 20.8 Å². The summed E-state index contributed by atoms with van der Waals surface area (Å²) in [5.74, 6) is -0.0683. The molecule has 72 valence electrons. The molecule has 1 aromatic heterocycles. The van der Waals surface area contributed by atoms with E-state index in [4.69, 9.17) is 10.2 Å². The molecule has 1 heterocycles. The lowest BCUT2D eigenvalue weighted by molar-refractivity contribution is 0.0900. The van der Waals surface area contributed by atoms with Crippen LogP contribution < -0.4 is 5.73 Å². The minimum atomic E-state index is -0.481. The van der Waals surface area contributed by atoms with E-state index >= 15 is 0 Å². The zero-order chi connectivity index (χ0) is 10.1. The van der Waals surface area contributed by atoms with Crippen molar-refractivity contribution in [1.82, 2.24) is 0 Å². The van der Waals surface area contributed by atoms with Crippen LogP contribution >= 0.6 is 0 Å². The molecule has 3 heteroatoms. The summed E-state index contributed by atoms with van der Waals surface area (Å²) < 4.78 is 4.82. The molecule has 0 aromatic carbocycles. The first kappa shape index (κ1) is 9.99. The Kier molecular flexibility index (Phi) is 2.57. The number of ketones is 1. The molecule has 0 saturated heterocycles. The Morgan fingerprint density at radius 3 is 2.54 bits per heavy atom. The van der Waals surface area contributed by atoms with Crippen LogP contribution in [0.25, 0.3) is 0 Å². The first-order valence-corrected chi connectivity index (χ1v) is 4.25. The fourth-order valence-corrected chi connectivity index (χ4v) is 0.978. The molecule has 2 N–H and O–H groups in total. The van der Waals surface area contributed by atoms with Crippen molar-refractivity contribution in [3.05, 3.63) is 24.2 Å². The normalized spacial score (nSPS) is 14.2. The highest BCUT2D eigenvalue weighted by Crippen LogP contribution is 2.20. The van der Waals surface area contributed by atoms with E-state index in [0.717, 1.165) is 0 Å². The number of carbonyl (C=O) groups is 1. The fourth-order valence-electron chi connectivity index (χ4n) is 0.978. The van der Waals surface area contributed by atoms with Gasteiger partial charge in [0.05, 0.1) is 17.9 Å². The summed E-state index contributed by atoms with van der Waals surface area (Å²) >= 11 is 0. The van der Waals surface area contributed by atoms with Crippen LogP contribution in [0.3, 0.4) is 0 Å². The average Bonchev–Trinajstić information content (AvgIpc) is 2.51. The third kappa shape index (κ3) is 2.18. The lowest BCUT2D eigenvalue weighted by atomic mass is 9.83. The Morgan fingerprint density at radius 2 is 2.15 bits per heavy atom. The van der Waals surface area contributed by atoms with E-state index in [1.165, 1.54) is 12.5 Å². The van der Waals surface area contributed by atoms with E-state index in [1.807, 2.05) is 20.8 Å². The molecular weight excluding hydrogens is 166 g/mol. The number of furan rings is 1. The molecule has 0 spiro atoms. The molecule has 1 rings (SSSR count). The second kappa shape index (κ2) is 3.34. The van der Waals surface area contributed by atoms with Crippen LogP contribution in [0, 0.1) is 5.41 Å². The summed E-state index contributed by atoms with van der Waals surface area (Å²) in [6, 6.07) is 1.15. The number of hydrogen-bond donors (Lipinski definition) is 1. The van der Waals surface area contributed by atoms with Crippen molar-refractivity contribution >= 4 is 5.78 Å². The molecule has 0 fully saturated rings. The Labute approximate surface area is 77.9 Å². The van der Waals surface area contributed by atoms with E-state index in [0.29, 0.717) is 5.56 Å². The van der Waals surface area contributed by atoms with Crippen molar-refractivity contribution < 1.29 is 9.21 Å². The van der Waals surface area contributed by atoms with Crippen molar-refractivity contribution in [2.45, 2.75) is 26.8 Å². The predicted molar refractivity (Wildman–Crippen MR) is 50.5 cm³/mol. The van der Waals surface area contributed by atoms with E-state index < -0.39 is 6.04 Å². The van der Waals surface area contributed by atoms with Gasteiger partial charge in [0.25, 0.3) is 0 Å². The van der Waals surface area contributed by atoms with Crippen LogP contribution in [0.15, 0.2) is 23.0 Å². The largest absolute Gasteiger partial charge is 0.472 e. The molecule has 0 aliphatic heterocycles. The Bertz CT molecular complexity index is 282. The maximum atomic E-state index is 11.7. The van der Waals surface area contributed by atoms with Gasteiger partial charge in [0, 0.05) is 0 Å². The van der Waals surface area contributed by atoms with Gasteiger partial charge in [-0.05, 0) is 11.5 Å². The molecule has 0 saturated carbocycles. The fraction of sp³-hybridized carbons (Fsp3) is 0.500. The second-order valence-corrected chi connectivity index (χ2v) is 4.22. The molecule has 0 amide bonds. The lowest BCUT2D eigenvalue weighted by Crippen LogP contribution is -2.42. The van der Waals surface area contributed by atoms with E-state index in [-0.39, 0.29) is 11.2 Å². The van der Waals surface area contributed by atoms with Gasteiger partial charge < -0.3 is 10.2 Å². The van der Waals surface area contributed by atoms with Gasteiger partial charge in [-0.2, -0.15) is 0 Å². The van der Waals surface area contributed by atoms with Crippen LogP contribution in [0.1, 0.15) is 31.1 Å². The third-order valence-electron chi connectivity index (χ3n) is 2.02. The summed E-state index contributed by atoms with van der Waals surface area (Å²) in [6.45, 7) is 5.82. The van der Waals surface area contributed by atoms with Gasteiger partial charge in [0.2, 0.25) is 0 Å². The van der Waals surface area contributed by atoms with E-state index in [2.05, 4.69) is 0 Å². The quantitative estimate of drug-likeness (QED) is 0.708. The highest BCUT2D eigenvalue weighted by atomic mass is 16.3. The molecule has 13 heavy (non-hydrogen) atoms. The van der Waals surface area contributed by atoms with Crippen LogP contribution in [0.5, 0.6) is 0 Å². The maximum Gasteiger partial charge on any atom is 0.183 e. The maximum absolute atomic E-state index is 11.7. The summed E-state index contributed by atoms with van der Waals surface area (Å²) in [7, 11) is 0. The second-order valence-electron chi connectivity index (χ2n) is 4.22. The highest BCUT2D eigenvalue weighted by molar-refractivity contribution is 6.00. The van der Waals surface area contributed by atoms with Gasteiger partial charge >= 0.3 is 0 Å². The monoisotopic (exact) mass is 181 g/mol. The number of nitrogens with two attached hydrogens (primary N) is 1. The van der Waals surface area contributed by atoms with E-state index in [9.17, 15) is 4.79 Å². The molecule has 1 atom stereocenters. The standard InChI is InChI=1S/C10H15NO2/c1-10(2,3)9(11)8(12)7-4-5-13-6-7/h4-6,9H,11H2,1-3H3. The first-order chi connectivity index (χ1) is 5.93.